The molecule has 1 heterocycles. The van der Waals surface area contributed by atoms with Crippen LogP contribution in [0.3, 0.4) is 0 Å². The van der Waals surface area contributed by atoms with Gasteiger partial charge in [-0.3, -0.25) is 4.79 Å². The molecule has 7 nitrogen and oxygen atoms in total. The van der Waals surface area contributed by atoms with Crippen LogP contribution in [-0.4, -0.2) is 38.4 Å². The Bertz CT molecular complexity index is 884. The highest BCUT2D eigenvalue weighted by atomic mass is 32.2. The van der Waals surface area contributed by atoms with E-state index in [1.165, 1.54) is 13.2 Å². The summed E-state index contributed by atoms with van der Waals surface area (Å²) in [5.74, 6) is 0.193. The molecule has 0 unspecified atom stereocenters. The summed E-state index contributed by atoms with van der Waals surface area (Å²) >= 11 is 0. The number of carbonyl (C=O) groups excluding carboxylic acids is 1. The molecule has 0 aliphatic heterocycles. The molecule has 0 bridgehead atoms. The Hall–Kier alpha value is -2.35. The van der Waals surface area contributed by atoms with E-state index in [4.69, 9.17) is 9.26 Å². The summed E-state index contributed by atoms with van der Waals surface area (Å²) < 4.78 is 35.8. The number of amides is 1. The molecule has 0 spiro atoms. The molecule has 0 radical (unpaired) electrons. The second kappa shape index (κ2) is 6.87. The van der Waals surface area contributed by atoms with Gasteiger partial charge in [0.25, 0.3) is 0 Å². The van der Waals surface area contributed by atoms with Gasteiger partial charge in [-0.1, -0.05) is 5.16 Å². The lowest BCUT2D eigenvalue weighted by atomic mass is 10.1. The first-order valence-electron chi connectivity index (χ1n) is 8.03. The Labute approximate surface area is 146 Å². The smallest absolute Gasteiger partial charge is 0.221 e. The summed E-state index contributed by atoms with van der Waals surface area (Å²) in [6.07, 6.45) is 1.85. The van der Waals surface area contributed by atoms with E-state index in [1.54, 1.807) is 25.1 Å². The number of nitrogens with zero attached hydrogens (tertiary/aromatic N) is 1. The average Bonchev–Trinajstić information content (AvgIpc) is 3.30. The first-order valence-corrected chi connectivity index (χ1v) is 9.68. The molecule has 1 saturated carbocycles. The summed E-state index contributed by atoms with van der Waals surface area (Å²) in [6.45, 7) is 1.78. The molecule has 1 N–H and O–H groups in total. The van der Waals surface area contributed by atoms with E-state index >= 15 is 0 Å². The van der Waals surface area contributed by atoms with Crippen molar-refractivity contribution in [3.63, 3.8) is 0 Å². The minimum absolute atomic E-state index is 0.0424. The minimum atomic E-state index is -3.69. The third-order valence-electron chi connectivity index (χ3n) is 3.95. The van der Waals surface area contributed by atoms with Crippen molar-refractivity contribution in [1.82, 2.24) is 10.5 Å². The number of aromatic nitrogens is 1. The Kier molecular flexibility index (Phi) is 4.80. The highest BCUT2D eigenvalue weighted by molar-refractivity contribution is 7.91. The van der Waals surface area contributed by atoms with E-state index in [2.05, 4.69) is 10.5 Å². The number of aryl methyl sites for hydroxylation is 1. The Morgan fingerprint density at radius 1 is 1.36 bits per heavy atom. The Morgan fingerprint density at radius 3 is 2.72 bits per heavy atom. The number of benzene rings is 1. The van der Waals surface area contributed by atoms with Gasteiger partial charge in [-0.05, 0) is 38.0 Å². The molecule has 3 rings (SSSR count). The third-order valence-corrected chi connectivity index (χ3v) is 5.68. The quantitative estimate of drug-likeness (QED) is 0.808. The predicted molar refractivity (Wildman–Crippen MR) is 91.1 cm³/mol. The molecule has 0 atom stereocenters. The molecular formula is C17H20N2O5S. The number of hydrogen-bond donors (Lipinski definition) is 1. The van der Waals surface area contributed by atoms with Crippen molar-refractivity contribution >= 4 is 15.7 Å². The van der Waals surface area contributed by atoms with Crippen LogP contribution in [0.2, 0.25) is 0 Å². The van der Waals surface area contributed by atoms with Gasteiger partial charge in [-0.2, -0.15) is 0 Å². The lowest BCUT2D eigenvalue weighted by Gasteiger charge is -2.11. The summed E-state index contributed by atoms with van der Waals surface area (Å²) in [6, 6.07) is 6.71. The number of hydrogen-bond acceptors (Lipinski definition) is 6. The molecule has 1 amide bonds. The fraction of sp³-hybridized carbons (Fsp3) is 0.412. The molecule has 8 heteroatoms. The van der Waals surface area contributed by atoms with E-state index < -0.39 is 9.84 Å². The second-order valence-electron chi connectivity index (χ2n) is 6.11. The van der Waals surface area contributed by atoms with Gasteiger partial charge in [0.15, 0.2) is 15.6 Å². The zero-order chi connectivity index (χ0) is 18.0. The number of nitrogens with one attached hydrogen (secondary N) is 1. The summed E-state index contributed by atoms with van der Waals surface area (Å²) in [7, 11) is -2.28. The van der Waals surface area contributed by atoms with Crippen molar-refractivity contribution in [3.8, 4) is 17.1 Å². The van der Waals surface area contributed by atoms with Crippen molar-refractivity contribution in [2.75, 3.05) is 12.9 Å². The SMILES string of the molecule is COc1ccc(-c2cc(C)no2)cc1S(=O)(=O)CCC(=O)NC1CC1. The van der Waals surface area contributed by atoms with Crippen LogP contribution in [0, 0.1) is 6.92 Å². The molecule has 1 fully saturated rings. The molecule has 1 aliphatic rings. The van der Waals surface area contributed by atoms with Crippen molar-refractivity contribution in [3.05, 3.63) is 30.0 Å². The van der Waals surface area contributed by atoms with E-state index in [0.717, 1.165) is 12.8 Å². The van der Waals surface area contributed by atoms with Gasteiger partial charge < -0.3 is 14.6 Å². The largest absolute Gasteiger partial charge is 0.495 e. The van der Waals surface area contributed by atoms with Gasteiger partial charge in [0.05, 0.1) is 18.6 Å². The molecule has 1 aromatic heterocycles. The maximum absolute atomic E-state index is 12.7. The highest BCUT2D eigenvalue weighted by Crippen LogP contribution is 2.31. The fourth-order valence-corrected chi connectivity index (χ4v) is 3.88. The van der Waals surface area contributed by atoms with E-state index in [0.29, 0.717) is 17.0 Å². The highest BCUT2D eigenvalue weighted by Gasteiger charge is 2.26. The number of sulfone groups is 1. The van der Waals surface area contributed by atoms with E-state index in [1.807, 2.05) is 0 Å². The molecular weight excluding hydrogens is 344 g/mol. The summed E-state index contributed by atoms with van der Waals surface area (Å²) in [4.78, 5) is 11.8. The number of carbonyl (C=O) groups is 1. The molecule has 2 aromatic rings. The van der Waals surface area contributed by atoms with Crippen molar-refractivity contribution < 1.29 is 22.5 Å². The van der Waals surface area contributed by atoms with Gasteiger partial charge in [0.1, 0.15) is 10.6 Å². The lowest BCUT2D eigenvalue weighted by Crippen LogP contribution is -2.27. The van der Waals surface area contributed by atoms with Crippen LogP contribution < -0.4 is 10.1 Å². The number of methoxy groups -OCH3 is 1. The van der Waals surface area contributed by atoms with Gasteiger partial charge in [-0.25, -0.2) is 8.42 Å². The molecule has 25 heavy (non-hydrogen) atoms. The minimum Gasteiger partial charge on any atom is -0.495 e. The molecule has 0 saturated heterocycles. The van der Waals surface area contributed by atoms with Crippen LogP contribution in [0.1, 0.15) is 25.0 Å². The van der Waals surface area contributed by atoms with Crippen molar-refractivity contribution in [2.45, 2.75) is 37.1 Å². The van der Waals surface area contributed by atoms with E-state index in [9.17, 15) is 13.2 Å². The van der Waals surface area contributed by atoms with Gasteiger partial charge in [0, 0.05) is 24.1 Å². The van der Waals surface area contributed by atoms with Crippen LogP contribution in [0.4, 0.5) is 0 Å². The van der Waals surface area contributed by atoms with Crippen LogP contribution in [0.15, 0.2) is 33.7 Å². The van der Waals surface area contributed by atoms with Crippen LogP contribution in [0.5, 0.6) is 5.75 Å². The summed E-state index contributed by atoms with van der Waals surface area (Å²) in [5, 5.41) is 6.60. The summed E-state index contributed by atoms with van der Waals surface area (Å²) in [5.41, 5.74) is 1.29. The lowest BCUT2D eigenvalue weighted by molar-refractivity contribution is -0.120. The Morgan fingerprint density at radius 2 is 2.12 bits per heavy atom. The van der Waals surface area contributed by atoms with Crippen molar-refractivity contribution in [1.29, 1.82) is 0 Å². The fourth-order valence-electron chi connectivity index (χ4n) is 2.44. The predicted octanol–water partition coefficient (Wildman–Crippen LogP) is 2.10. The molecule has 1 aliphatic carbocycles. The van der Waals surface area contributed by atoms with Gasteiger partial charge in [0.2, 0.25) is 5.91 Å². The van der Waals surface area contributed by atoms with E-state index in [-0.39, 0.29) is 34.8 Å². The van der Waals surface area contributed by atoms with Crippen LogP contribution >= 0.6 is 0 Å². The first-order chi connectivity index (χ1) is 11.9. The third kappa shape index (κ3) is 4.19. The standard InChI is InChI=1S/C17H20N2O5S/c1-11-9-15(24-19-11)12-3-6-14(23-2)16(10-12)25(21,22)8-7-17(20)18-13-4-5-13/h3,6,9-10,13H,4-5,7-8H2,1-2H3,(H,18,20). The Balaban J connectivity index is 1.83. The number of ether oxygens (including phenoxy) is 1. The maximum atomic E-state index is 12.7. The normalized spacial score (nSPS) is 14.3. The zero-order valence-corrected chi connectivity index (χ0v) is 14.9. The van der Waals surface area contributed by atoms with Crippen LogP contribution in [0.25, 0.3) is 11.3 Å². The first kappa shape index (κ1) is 17.5. The molecule has 1 aromatic carbocycles. The second-order valence-corrected chi connectivity index (χ2v) is 8.19. The maximum Gasteiger partial charge on any atom is 0.221 e. The molecule has 134 valence electrons. The van der Waals surface area contributed by atoms with Gasteiger partial charge >= 0.3 is 0 Å². The topological polar surface area (TPSA) is 98.5 Å². The monoisotopic (exact) mass is 364 g/mol. The van der Waals surface area contributed by atoms with Gasteiger partial charge in [-0.15, -0.1) is 0 Å². The zero-order valence-electron chi connectivity index (χ0n) is 14.1. The average molecular weight is 364 g/mol. The number of rotatable bonds is 7. The van der Waals surface area contributed by atoms with Crippen LogP contribution in [-0.2, 0) is 14.6 Å². The van der Waals surface area contributed by atoms with Crippen molar-refractivity contribution in [2.24, 2.45) is 0 Å².